The smallest absolute Gasteiger partial charge is 0.261 e. The van der Waals surface area contributed by atoms with Gasteiger partial charge in [-0.15, -0.1) is 0 Å². The number of carbonyl (C=O) groups is 1. The average molecular weight is 345 g/mol. The van der Waals surface area contributed by atoms with Crippen molar-refractivity contribution in [1.29, 1.82) is 0 Å². The Balaban J connectivity index is 2.04. The number of benzene rings is 2. The minimum atomic E-state index is -0.224. The van der Waals surface area contributed by atoms with E-state index in [0.717, 1.165) is 15.6 Å². The van der Waals surface area contributed by atoms with Crippen LogP contribution in [0.1, 0.15) is 17.0 Å². The maximum atomic E-state index is 12.0. The lowest BCUT2D eigenvalue weighted by Gasteiger charge is -2.22. The summed E-state index contributed by atoms with van der Waals surface area (Å²) in [6.07, 6.45) is 0. The number of aliphatic imine (C=N–C) groups is 1. The van der Waals surface area contributed by atoms with E-state index < -0.39 is 0 Å². The molecule has 2 atom stereocenters. The molecule has 0 spiro atoms. The van der Waals surface area contributed by atoms with Gasteiger partial charge in [0.25, 0.3) is 5.91 Å². The number of hydrogen-bond donors (Lipinski definition) is 0. The minimum absolute atomic E-state index is 0.000509. The fourth-order valence-corrected chi connectivity index (χ4v) is 3.45. The van der Waals surface area contributed by atoms with Gasteiger partial charge in [0.05, 0.1) is 0 Å². The number of hydrogen-bond acceptors (Lipinski definition) is 2. The molecule has 99 valence electrons. The van der Waals surface area contributed by atoms with Crippen LogP contribution in [-0.4, -0.2) is 16.7 Å². The molecule has 0 aliphatic carbocycles. The van der Waals surface area contributed by atoms with E-state index in [0.29, 0.717) is 0 Å². The van der Waals surface area contributed by atoms with E-state index in [1.807, 2.05) is 42.5 Å². The molecule has 0 fully saturated rings. The summed E-state index contributed by atoms with van der Waals surface area (Å²) in [6, 6.07) is 18.2. The van der Waals surface area contributed by atoms with E-state index in [2.05, 4.69) is 38.6 Å². The summed E-state index contributed by atoms with van der Waals surface area (Å²) in [6.45, 7) is 0. The lowest BCUT2D eigenvalue weighted by Crippen LogP contribution is -2.22. The van der Waals surface area contributed by atoms with Crippen molar-refractivity contribution >= 4 is 39.1 Å². The fraction of sp³-hybridized carbons (Fsp3) is 0.125. The van der Waals surface area contributed by atoms with Crippen LogP contribution in [0.4, 0.5) is 0 Å². The van der Waals surface area contributed by atoms with Crippen molar-refractivity contribution in [1.82, 2.24) is 0 Å². The van der Waals surface area contributed by atoms with Crippen LogP contribution in [0.25, 0.3) is 0 Å². The van der Waals surface area contributed by atoms with Gasteiger partial charge in [-0.3, -0.25) is 4.79 Å². The average Bonchev–Trinajstić information content (AvgIpc) is 2.89. The van der Waals surface area contributed by atoms with E-state index in [4.69, 9.17) is 0 Å². The molecule has 0 saturated heterocycles. The van der Waals surface area contributed by atoms with Gasteiger partial charge in [-0.2, -0.15) is 0 Å². The highest BCUT2D eigenvalue weighted by atomic mass is 79.9. The highest BCUT2D eigenvalue weighted by Gasteiger charge is 2.33. The van der Waals surface area contributed by atoms with Crippen molar-refractivity contribution in [2.24, 2.45) is 4.99 Å². The normalized spacial score (nSPS) is 19.2. The molecule has 1 aliphatic rings. The summed E-state index contributed by atoms with van der Waals surface area (Å²) < 4.78 is 1.03. The number of carbonyl (C=O) groups excluding carboxylic acids is 1. The number of amides is 1. The molecule has 1 radical (unpaired) electrons. The standard InChI is InChI=1S/C16H11BrNOS/c17-13-8-6-12(7-9-13)14(11-4-2-1-3-5-11)15-16(19)18-10-20-15/h1-9,14-15H. The second kappa shape index (κ2) is 5.94. The van der Waals surface area contributed by atoms with Crippen molar-refractivity contribution in [3.8, 4) is 0 Å². The summed E-state index contributed by atoms with van der Waals surface area (Å²) in [5.41, 5.74) is 4.98. The zero-order chi connectivity index (χ0) is 13.9. The van der Waals surface area contributed by atoms with Crippen molar-refractivity contribution < 1.29 is 4.79 Å². The van der Waals surface area contributed by atoms with E-state index in [1.165, 1.54) is 11.8 Å². The van der Waals surface area contributed by atoms with Crippen molar-refractivity contribution in [3.05, 3.63) is 70.2 Å². The van der Waals surface area contributed by atoms with Gasteiger partial charge in [0.1, 0.15) is 10.8 Å². The molecule has 2 unspecified atom stereocenters. The van der Waals surface area contributed by atoms with Gasteiger partial charge in [-0.25, -0.2) is 4.99 Å². The van der Waals surface area contributed by atoms with Crippen LogP contribution in [0.2, 0.25) is 0 Å². The first-order valence-electron chi connectivity index (χ1n) is 6.21. The maximum Gasteiger partial charge on any atom is 0.261 e. The molecular formula is C16H11BrNOS. The Morgan fingerprint density at radius 1 is 1.05 bits per heavy atom. The second-order valence-corrected chi connectivity index (χ2v) is 6.36. The van der Waals surface area contributed by atoms with Crippen LogP contribution in [-0.2, 0) is 4.79 Å². The van der Waals surface area contributed by atoms with Gasteiger partial charge in [0.15, 0.2) is 0 Å². The Kier molecular flexibility index (Phi) is 4.03. The summed E-state index contributed by atoms with van der Waals surface area (Å²) in [7, 11) is 0. The van der Waals surface area contributed by atoms with Gasteiger partial charge >= 0.3 is 0 Å². The Morgan fingerprint density at radius 3 is 2.30 bits per heavy atom. The van der Waals surface area contributed by atoms with Gasteiger partial charge in [0.2, 0.25) is 0 Å². The number of thioether (sulfide) groups is 1. The molecule has 1 amide bonds. The zero-order valence-electron chi connectivity index (χ0n) is 10.5. The summed E-state index contributed by atoms with van der Waals surface area (Å²) in [5.74, 6) is -0.104. The highest BCUT2D eigenvalue weighted by molar-refractivity contribution is 9.10. The molecule has 0 bridgehead atoms. The van der Waals surface area contributed by atoms with E-state index in [-0.39, 0.29) is 17.1 Å². The second-order valence-electron chi connectivity index (χ2n) is 4.52. The molecule has 2 nitrogen and oxygen atoms in total. The summed E-state index contributed by atoms with van der Waals surface area (Å²) >= 11 is 4.82. The predicted octanol–water partition coefficient (Wildman–Crippen LogP) is 4.13. The Hall–Kier alpha value is -1.39. The van der Waals surface area contributed by atoms with E-state index in [9.17, 15) is 4.79 Å². The monoisotopic (exact) mass is 344 g/mol. The van der Waals surface area contributed by atoms with Crippen LogP contribution < -0.4 is 0 Å². The molecule has 0 aromatic heterocycles. The molecule has 2 aromatic rings. The molecule has 4 heteroatoms. The van der Waals surface area contributed by atoms with Gasteiger partial charge in [0, 0.05) is 10.4 Å². The van der Waals surface area contributed by atoms with Crippen LogP contribution in [0.5, 0.6) is 0 Å². The topological polar surface area (TPSA) is 29.4 Å². The lowest BCUT2D eigenvalue weighted by atomic mass is 9.88. The summed E-state index contributed by atoms with van der Waals surface area (Å²) in [5, 5.41) is -0.224. The third-order valence-corrected chi connectivity index (χ3v) is 4.72. The number of halogens is 1. The molecule has 2 aromatic carbocycles. The largest absolute Gasteiger partial charge is 0.271 e. The van der Waals surface area contributed by atoms with Crippen LogP contribution >= 0.6 is 27.7 Å². The first-order valence-corrected chi connectivity index (χ1v) is 7.88. The van der Waals surface area contributed by atoms with E-state index >= 15 is 0 Å². The molecule has 1 heterocycles. The van der Waals surface area contributed by atoms with Crippen molar-refractivity contribution in [2.75, 3.05) is 0 Å². The summed E-state index contributed by atoms with van der Waals surface area (Å²) in [4.78, 5) is 15.7. The molecule has 0 saturated carbocycles. The van der Waals surface area contributed by atoms with Gasteiger partial charge < -0.3 is 0 Å². The van der Waals surface area contributed by atoms with E-state index in [1.54, 1.807) is 0 Å². The van der Waals surface area contributed by atoms with Crippen molar-refractivity contribution in [2.45, 2.75) is 11.2 Å². The predicted molar refractivity (Wildman–Crippen MR) is 86.2 cm³/mol. The number of nitrogens with zero attached hydrogens (tertiary/aromatic N) is 1. The third-order valence-electron chi connectivity index (χ3n) is 3.27. The first kappa shape index (κ1) is 13.6. The highest BCUT2D eigenvalue weighted by Crippen LogP contribution is 2.37. The van der Waals surface area contributed by atoms with Crippen LogP contribution in [0, 0.1) is 0 Å². The molecule has 20 heavy (non-hydrogen) atoms. The Bertz CT molecular complexity index is 639. The van der Waals surface area contributed by atoms with Crippen molar-refractivity contribution in [3.63, 3.8) is 0 Å². The molecular weight excluding hydrogens is 334 g/mol. The van der Waals surface area contributed by atoms with Gasteiger partial charge in [-0.05, 0) is 23.3 Å². The zero-order valence-corrected chi connectivity index (χ0v) is 12.9. The minimum Gasteiger partial charge on any atom is -0.271 e. The maximum absolute atomic E-state index is 12.0. The van der Waals surface area contributed by atoms with Crippen LogP contribution in [0.3, 0.4) is 0 Å². The number of rotatable bonds is 3. The Morgan fingerprint density at radius 2 is 1.70 bits per heavy atom. The first-order chi connectivity index (χ1) is 9.75. The third kappa shape index (κ3) is 2.72. The molecule has 0 N–H and O–H groups in total. The SMILES string of the molecule is O=C1N=[C]SC1C(c1ccccc1)c1ccc(Br)cc1. The molecule has 1 aliphatic heterocycles. The van der Waals surface area contributed by atoms with Gasteiger partial charge in [-0.1, -0.05) is 70.2 Å². The van der Waals surface area contributed by atoms with Crippen LogP contribution in [0.15, 0.2) is 64.1 Å². The fourth-order valence-electron chi connectivity index (χ4n) is 2.33. The lowest BCUT2D eigenvalue weighted by molar-refractivity contribution is -0.117. The molecule has 3 rings (SSSR count). The Labute approximate surface area is 130 Å². The quantitative estimate of drug-likeness (QED) is 0.837.